The number of anilines is 2. The van der Waals surface area contributed by atoms with E-state index in [4.69, 9.17) is 0 Å². The first kappa shape index (κ1) is 15.2. The average molecular weight is 307 g/mol. The molecule has 2 rings (SSSR count). The summed E-state index contributed by atoms with van der Waals surface area (Å²) in [6, 6.07) is 6.46. The van der Waals surface area contributed by atoms with Gasteiger partial charge in [-0.05, 0) is 45.0 Å². The second-order valence-electron chi connectivity index (χ2n) is 4.47. The van der Waals surface area contributed by atoms with E-state index in [0.29, 0.717) is 11.4 Å². The number of rotatable bonds is 5. The van der Waals surface area contributed by atoms with Gasteiger partial charge in [0, 0.05) is 12.2 Å². The van der Waals surface area contributed by atoms with Gasteiger partial charge in [-0.3, -0.25) is 0 Å². The second kappa shape index (κ2) is 6.04. The van der Waals surface area contributed by atoms with Crippen molar-refractivity contribution in [3.05, 3.63) is 35.7 Å². The molecule has 0 fully saturated rings. The smallest absolute Gasteiger partial charge is 0.264 e. The first-order chi connectivity index (χ1) is 9.92. The van der Waals surface area contributed by atoms with Gasteiger partial charge in [0.25, 0.3) is 16.0 Å². The molecule has 1 heterocycles. The van der Waals surface area contributed by atoms with E-state index in [0.717, 1.165) is 12.2 Å². The molecule has 0 aliphatic carbocycles. The van der Waals surface area contributed by atoms with E-state index < -0.39 is 10.0 Å². The van der Waals surface area contributed by atoms with Crippen LogP contribution in [0.15, 0.2) is 29.2 Å². The number of aromatic nitrogens is 3. The summed E-state index contributed by atoms with van der Waals surface area (Å²) in [7, 11) is -3.72. The van der Waals surface area contributed by atoms with Crippen LogP contribution in [0.1, 0.15) is 18.3 Å². The average Bonchev–Trinajstić information content (AvgIpc) is 2.44. The van der Waals surface area contributed by atoms with Crippen molar-refractivity contribution in [2.24, 2.45) is 0 Å². The third-order valence-electron chi connectivity index (χ3n) is 2.86. The van der Waals surface area contributed by atoms with Crippen molar-refractivity contribution in [1.82, 2.24) is 15.2 Å². The maximum absolute atomic E-state index is 12.2. The SMILES string of the molecule is CCNc1ccc(S(=O)(=O)Nc2nnc(C)c(C)n2)cc1. The van der Waals surface area contributed by atoms with Crippen molar-refractivity contribution in [2.45, 2.75) is 25.7 Å². The van der Waals surface area contributed by atoms with E-state index in [1.54, 1.807) is 26.0 Å². The van der Waals surface area contributed by atoms with Crippen LogP contribution in [0.2, 0.25) is 0 Å². The number of sulfonamides is 1. The van der Waals surface area contributed by atoms with Gasteiger partial charge < -0.3 is 5.32 Å². The molecule has 0 aliphatic heterocycles. The minimum atomic E-state index is -3.72. The molecule has 2 aromatic rings. The molecule has 0 spiro atoms. The third kappa shape index (κ3) is 3.66. The van der Waals surface area contributed by atoms with Crippen LogP contribution < -0.4 is 10.0 Å². The molecule has 112 valence electrons. The molecule has 8 heteroatoms. The number of hydrogen-bond donors (Lipinski definition) is 2. The lowest BCUT2D eigenvalue weighted by Crippen LogP contribution is -2.16. The normalized spacial score (nSPS) is 11.2. The Labute approximate surface area is 123 Å². The van der Waals surface area contributed by atoms with Crippen LogP contribution >= 0.6 is 0 Å². The van der Waals surface area contributed by atoms with Gasteiger partial charge >= 0.3 is 0 Å². The van der Waals surface area contributed by atoms with Gasteiger partial charge in [-0.1, -0.05) is 0 Å². The lowest BCUT2D eigenvalue weighted by atomic mass is 10.3. The molecule has 0 atom stereocenters. The Kier molecular flexibility index (Phi) is 4.37. The Morgan fingerprint density at radius 2 is 1.71 bits per heavy atom. The monoisotopic (exact) mass is 307 g/mol. The Morgan fingerprint density at radius 3 is 2.29 bits per heavy atom. The largest absolute Gasteiger partial charge is 0.385 e. The number of benzene rings is 1. The lowest BCUT2D eigenvalue weighted by Gasteiger charge is -2.08. The molecular weight excluding hydrogens is 290 g/mol. The Bertz CT molecular complexity index is 729. The molecule has 21 heavy (non-hydrogen) atoms. The van der Waals surface area contributed by atoms with Crippen LogP contribution in [0, 0.1) is 13.8 Å². The van der Waals surface area contributed by atoms with Gasteiger partial charge in [0.05, 0.1) is 16.3 Å². The molecule has 0 radical (unpaired) electrons. The lowest BCUT2D eigenvalue weighted by molar-refractivity contribution is 0.600. The van der Waals surface area contributed by atoms with Crippen molar-refractivity contribution >= 4 is 21.7 Å². The summed E-state index contributed by atoms with van der Waals surface area (Å²) >= 11 is 0. The molecule has 0 aliphatic rings. The van der Waals surface area contributed by atoms with E-state index in [1.165, 1.54) is 12.1 Å². The number of aryl methyl sites for hydroxylation is 2. The van der Waals surface area contributed by atoms with Crippen LogP contribution in [0.4, 0.5) is 11.6 Å². The maximum Gasteiger partial charge on any atom is 0.264 e. The van der Waals surface area contributed by atoms with Gasteiger partial charge in [0.15, 0.2) is 0 Å². The van der Waals surface area contributed by atoms with Crippen molar-refractivity contribution in [3.8, 4) is 0 Å². The summed E-state index contributed by atoms with van der Waals surface area (Å²) in [6.45, 7) is 6.24. The molecule has 1 aromatic heterocycles. The van der Waals surface area contributed by atoms with Crippen LogP contribution in [-0.4, -0.2) is 30.1 Å². The first-order valence-corrected chi connectivity index (χ1v) is 7.95. The zero-order valence-corrected chi connectivity index (χ0v) is 12.9. The molecule has 7 nitrogen and oxygen atoms in total. The van der Waals surface area contributed by atoms with Crippen LogP contribution in [-0.2, 0) is 10.0 Å². The van der Waals surface area contributed by atoms with E-state index in [-0.39, 0.29) is 10.8 Å². The summed E-state index contributed by atoms with van der Waals surface area (Å²) in [5.74, 6) is -0.0335. The minimum Gasteiger partial charge on any atom is -0.385 e. The highest BCUT2D eigenvalue weighted by molar-refractivity contribution is 7.92. The van der Waals surface area contributed by atoms with Gasteiger partial charge in [-0.2, -0.15) is 5.10 Å². The van der Waals surface area contributed by atoms with Crippen molar-refractivity contribution in [3.63, 3.8) is 0 Å². The van der Waals surface area contributed by atoms with E-state index in [2.05, 4.69) is 25.2 Å². The van der Waals surface area contributed by atoms with Crippen LogP contribution in [0.25, 0.3) is 0 Å². The Morgan fingerprint density at radius 1 is 1.05 bits per heavy atom. The first-order valence-electron chi connectivity index (χ1n) is 6.47. The fraction of sp³-hybridized carbons (Fsp3) is 0.308. The van der Waals surface area contributed by atoms with Gasteiger partial charge in [0.2, 0.25) is 0 Å². The van der Waals surface area contributed by atoms with Crippen molar-refractivity contribution in [1.29, 1.82) is 0 Å². The fourth-order valence-electron chi connectivity index (χ4n) is 1.64. The summed E-state index contributed by atoms with van der Waals surface area (Å²) < 4.78 is 26.8. The van der Waals surface area contributed by atoms with Gasteiger partial charge in [0.1, 0.15) is 0 Å². The highest BCUT2D eigenvalue weighted by Crippen LogP contribution is 2.16. The van der Waals surface area contributed by atoms with Crippen molar-refractivity contribution < 1.29 is 8.42 Å². The van der Waals surface area contributed by atoms with E-state index >= 15 is 0 Å². The predicted octanol–water partition coefficient (Wildman–Crippen LogP) is 1.72. The summed E-state index contributed by atoms with van der Waals surface area (Å²) in [6.07, 6.45) is 0. The second-order valence-corrected chi connectivity index (χ2v) is 6.15. The zero-order chi connectivity index (χ0) is 15.5. The third-order valence-corrected chi connectivity index (χ3v) is 4.21. The number of hydrogen-bond acceptors (Lipinski definition) is 6. The van der Waals surface area contributed by atoms with Gasteiger partial charge in [-0.15, -0.1) is 5.10 Å². The minimum absolute atomic E-state index is 0.0335. The molecule has 0 unspecified atom stereocenters. The Balaban J connectivity index is 2.23. The summed E-state index contributed by atoms with van der Waals surface area (Å²) in [5, 5.41) is 10.7. The van der Waals surface area contributed by atoms with E-state index in [9.17, 15) is 8.42 Å². The summed E-state index contributed by atoms with van der Waals surface area (Å²) in [5.41, 5.74) is 2.15. The standard InChI is InChI=1S/C13H17N5O2S/c1-4-14-11-5-7-12(8-6-11)21(19,20)18-13-15-9(2)10(3)16-17-13/h5-8,14H,4H2,1-3H3,(H,15,17,18). The Hall–Kier alpha value is -2.22. The molecule has 2 N–H and O–H groups in total. The fourth-order valence-corrected chi connectivity index (χ4v) is 2.57. The highest BCUT2D eigenvalue weighted by Gasteiger charge is 2.16. The number of nitrogens with one attached hydrogen (secondary N) is 2. The summed E-state index contributed by atoms with van der Waals surface area (Å²) in [4.78, 5) is 4.20. The maximum atomic E-state index is 12.2. The molecule has 0 bridgehead atoms. The quantitative estimate of drug-likeness (QED) is 0.873. The zero-order valence-electron chi connectivity index (χ0n) is 12.1. The van der Waals surface area contributed by atoms with Crippen LogP contribution in [0.3, 0.4) is 0 Å². The highest BCUT2D eigenvalue weighted by atomic mass is 32.2. The van der Waals surface area contributed by atoms with Crippen molar-refractivity contribution in [2.75, 3.05) is 16.6 Å². The van der Waals surface area contributed by atoms with E-state index in [1.807, 2.05) is 6.92 Å². The van der Waals surface area contributed by atoms with Gasteiger partial charge in [-0.25, -0.2) is 18.1 Å². The molecule has 0 amide bonds. The molecule has 0 saturated heterocycles. The van der Waals surface area contributed by atoms with Crippen LogP contribution in [0.5, 0.6) is 0 Å². The molecule has 1 aromatic carbocycles. The topological polar surface area (TPSA) is 96.9 Å². The predicted molar refractivity (Wildman–Crippen MR) is 80.7 cm³/mol. The molecule has 0 saturated carbocycles. The molecular formula is C13H17N5O2S. The number of nitrogens with zero attached hydrogens (tertiary/aromatic N) is 3.